The first-order valence-electron chi connectivity index (χ1n) is 10.2. The normalized spacial score (nSPS) is 13.5. The Morgan fingerprint density at radius 3 is 1.87 bits per heavy atom. The average molecular weight is 404 g/mol. The molecule has 0 aliphatic rings. The molecule has 0 amide bonds. The first kappa shape index (κ1) is 19.8. The van der Waals surface area contributed by atoms with Gasteiger partial charge in [0.25, 0.3) is 0 Å². The Morgan fingerprint density at radius 2 is 1.20 bits per heavy atom. The van der Waals surface area contributed by atoms with Gasteiger partial charge in [0, 0.05) is 6.20 Å². The zero-order valence-electron chi connectivity index (χ0n) is 17.1. The van der Waals surface area contributed by atoms with E-state index in [2.05, 4.69) is 114 Å². The van der Waals surface area contributed by atoms with Crippen LogP contribution >= 0.6 is 0 Å². The summed E-state index contributed by atoms with van der Waals surface area (Å²) >= 11 is 0. The molecule has 0 radical (unpaired) electrons. The van der Waals surface area contributed by atoms with E-state index in [4.69, 9.17) is 0 Å². The lowest BCUT2D eigenvalue weighted by molar-refractivity contribution is 1.30. The van der Waals surface area contributed by atoms with Crippen LogP contribution in [0.4, 0.5) is 0 Å². The molecule has 30 heavy (non-hydrogen) atoms. The van der Waals surface area contributed by atoms with Crippen LogP contribution in [0.25, 0.3) is 23.3 Å². The number of aromatic nitrogens is 1. The number of rotatable bonds is 6. The van der Waals surface area contributed by atoms with Crippen LogP contribution in [0.5, 0.6) is 0 Å². The van der Waals surface area contributed by atoms with Gasteiger partial charge in [-0.25, -0.2) is 0 Å². The van der Waals surface area contributed by atoms with Crippen molar-refractivity contribution >= 4 is 25.4 Å². The molecule has 0 fully saturated rings. The molecule has 4 rings (SSSR count). The Morgan fingerprint density at radius 1 is 0.600 bits per heavy atom. The Labute approximate surface area is 180 Å². The fraction of sp³-hybridized carbons (Fsp3) is 0.0357. The van der Waals surface area contributed by atoms with Crippen molar-refractivity contribution in [3.8, 4) is 11.1 Å². The maximum absolute atomic E-state index is 4.44. The minimum absolute atomic E-state index is 0.993. The predicted molar refractivity (Wildman–Crippen MR) is 132 cm³/mol. The van der Waals surface area contributed by atoms with Crippen molar-refractivity contribution < 1.29 is 0 Å². The van der Waals surface area contributed by atoms with Crippen LogP contribution in [0.1, 0.15) is 11.3 Å². The van der Waals surface area contributed by atoms with Crippen molar-refractivity contribution in [2.45, 2.75) is 6.55 Å². The molecular weight excluding hydrogens is 378 g/mol. The fourth-order valence-corrected chi connectivity index (χ4v) is 5.93. The smallest absolute Gasteiger partial charge is 0.130 e. The van der Waals surface area contributed by atoms with Crippen molar-refractivity contribution in [2.24, 2.45) is 0 Å². The summed E-state index contributed by atoms with van der Waals surface area (Å²) in [6.45, 7) is 2.37. The highest BCUT2D eigenvalue weighted by molar-refractivity contribution is 6.99. The lowest BCUT2D eigenvalue weighted by Crippen LogP contribution is -2.41. The largest absolute Gasteiger partial charge is 0.257 e. The molecule has 1 nitrogen and oxygen atoms in total. The minimum atomic E-state index is -1.97. The highest BCUT2D eigenvalue weighted by Gasteiger charge is 2.23. The maximum Gasteiger partial charge on any atom is 0.130 e. The van der Waals surface area contributed by atoms with E-state index >= 15 is 0 Å². The number of hydrogen-bond donors (Lipinski definition) is 0. The summed E-state index contributed by atoms with van der Waals surface area (Å²) < 4.78 is 0. The van der Waals surface area contributed by atoms with Crippen molar-refractivity contribution in [3.05, 3.63) is 132 Å². The van der Waals surface area contributed by atoms with Gasteiger partial charge in [0.15, 0.2) is 0 Å². The van der Waals surface area contributed by atoms with Gasteiger partial charge < -0.3 is 0 Å². The summed E-state index contributed by atoms with van der Waals surface area (Å²) in [4.78, 5) is 4.44. The summed E-state index contributed by atoms with van der Waals surface area (Å²) in [5.41, 5.74) is 9.46. The monoisotopic (exact) mass is 403 g/mol. The van der Waals surface area contributed by atoms with Gasteiger partial charge in [-0.1, -0.05) is 120 Å². The Bertz CT molecular complexity index is 1120. The highest BCUT2D eigenvalue weighted by atomic mass is 28.3. The third kappa shape index (κ3) is 4.91. The third-order valence-electron chi connectivity index (χ3n) is 5.32. The van der Waals surface area contributed by atoms with Crippen LogP contribution in [0, 0.1) is 0 Å². The van der Waals surface area contributed by atoms with Crippen molar-refractivity contribution in [1.29, 1.82) is 0 Å². The van der Waals surface area contributed by atoms with E-state index in [1.165, 1.54) is 21.9 Å². The molecule has 0 saturated heterocycles. The van der Waals surface area contributed by atoms with Gasteiger partial charge in [-0.3, -0.25) is 4.98 Å². The van der Waals surface area contributed by atoms with Crippen molar-refractivity contribution in [2.75, 3.05) is 0 Å². The molecule has 1 heterocycles. The van der Waals surface area contributed by atoms with E-state index in [-0.39, 0.29) is 0 Å². The zero-order valence-corrected chi connectivity index (χ0v) is 18.1. The molecule has 146 valence electrons. The maximum atomic E-state index is 4.44. The second-order valence-corrected chi connectivity index (χ2v) is 11.4. The Hall–Kier alpha value is -3.49. The number of benzene rings is 3. The van der Waals surface area contributed by atoms with Gasteiger partial charge in [0.2, 0.25) is 0 Å². The Kier molecular flexibility index (Phi) is 6.16. The standard InChI is InChI=1S/C28H25NSi/c1-30(28-13-6-3-7-14-28,23-20-27-12-8-9-21-29-27)22-19-24-15-17-26(18-16-24)25-10-4-2-5-11-25/h2-23H,1H3. The molecule has 1 unspecified atom stereocenters. The molecule has 2 heteroatoms. The topological polar surface area (TPSA) is 12.9 Å². The van der Waals surface area contributed by atoms with E-state index in [0.29, 0.717) is 0 Å². The van der Waals surface area contributed by atoms with Crippen molar-refractivity contribution in [3.63, 3.8) is 0 Å². The predicted octanol–water partition coefficient (Wildman–Crippen LogP) is 6.54. The lowest BCUT2D eigenvalue weighted by Gasteiger charge is -2.20. The van der Waals surface area contributed by atoms with Crippen molar-refractivity contribution in [1.82, 2.24) is 4.98 Å². The number of hydrogen-bond acceptors (Lipinski definition) is 1. The van der Waals surface area contributed by atoms with Crippen LogP contribution in [0.15, 0.2) is 121 Å². The first-order chi connectivity index (χ1) is 14.7. The molecule has 3 aromatic carbocycles. The molecule has 1 atom stereocenters. The van der Waals surface area contributed by atoms with Crippen LogP contribution in [0.2, 0.25) is 6.55 Å². The molecule has 0 aliphatic carbocycles. The van der Waals surface area contributed by atoms with Gasteiger partial charge in [-0.2, -0.15) is 0 Å². The highest BCUT2D eigenvalue weighted by Crippen LogP contribution is 2.20. The number of nitrogens with zero attached hydrogens (tertiary/aromatic N) is 1. The van der Waals surface area contributed by atoms with Crippen LogP contribution in [-0.2, 0) is 0 Å². The molecule has 0 saturated carbocycles. The van der Waals surface area contributed by atoms with Gasteiger partial charge in [-0.15, -0.1) is 0 Å². The number of pyridine rings is 1. The minimum Gasteiger partial charge on any atom is -0.257 e. The average Bonchev–Trinajstić information content (AvgIpc) is 2.84. The summed E-state index contributed by atoms with van der Waals surface area (Å²) in [5, 5.41) is 1.38. The second kappa shape index (κ2) is 9.34. The third-order valence-corrected chi connectivity index (χ3v) is 8.62. The second-order valence-electron chi connectivity index (χ2n) is 7.56. The van der Waals surface area contributed by atoms with E-state index < -0.39 is 8.07 Å². The summed E-state index contributed by atoms with van der Waals surface area (Å²) in [6, 6.07) is 36.1. The van der Waals surface area contributed by atoms with Gasteiger partial charge in [-0.05, 0) is 34.9 Å². The van der Waals surface area contributed by atoms with Crippen LogP contribution < -0.4 is 5.19 Å². The molecule has 4 aromatic rings. The summed E-state index contributed by atoms with van der Waals surface area (Å²) in [6.07, 6.45) is 6.25. The summed E-state index contributed by atoms with van der Waals surface area (Å²) in [7, 11) is -1.97. The molecule has 1 aromatic heterocycles. The van der Waals surface area contributed by atoms with Crippen LogP contribution in [-0.4, -0.2) is 13.1 Å². The summed E-state index contributed by atoms with van der Waals surface area (Å²) in [5.74, 6) is 0. The molecule has 0 spiro atoms. The Balaban J connectivity index is 1.61. The fourth-order valence-electron chi connectivity index (χ4n) is 3.46. The van der Waals surface area contributed by atoms with E-state index in [9.17, 15) is 0 Å². The van der Waals surface area contributed by atoms with Crippen LogP contribution in [0.3, 0.4) is 0 Å². The molecule has 0 aliphatic heterocycles. The molecule has 0 bridgehead atoms. The van der Waals surface area contributed by atoms with E-state index in [1.807, 2.05) is 30.5 Å². The van der Waals surface area contributed by atoms with Gasteiger partial charge in [0.1, 0.15) is 8.07 Å². The molecular formula is C28H25NSi. The quantitative estimate of drug-likeness (QED) is 0.333. The van der Waals surface area contributed by atoms with Gasteiger partial charge in [0.05, 0.1) is 5.69 Å². The lowest BCUT2D eigenvalue weighted by atomic mass is 10.0. The van der Waals surface area contributed by atoms with Gasteiger partial charge >= 0.3 is 0 Å². The van der Waals surface area contributed by atoms with E-state index in [0.717, 1.165) is 5.69 Å². The first-order valence-corrected chi connectivity index (χ1v) is 12.9. The zero-order chi connectivity index (χ0) is 20.7. The van der Waals surface area contributed by atoms with E-state index in [1.54, 1.807) is 0 Å². The SMILES string of the molecule is C[Si](C=Cc1ccc(-c2ccccc2)cc1)(C=Cc1ccccn1)c1ccccc1. The molecule has 0 N–H and O–H groups in total.